The number of hydrogen-bond donors (Lipinski definition) is 3. The summed E-state index contributed by atoms with van der Waals surface area (Å²) >= 11 is 0. The normalized spacial score (nSPS) is 36.7. The maximum absolute atomic E-state index is 10.8. The number of carboxylic acids is 2. The third-order valence-corrected chi connectivity index (χ3v) is 2.49. The first-order chi connectivity index (χ1) is 6.30. The second kappa shape index (κ2) is 3.09. The Morgan fingerprint density at radius 1 is 1.29 bits per heavy atom. The minimum Gasteiger partial charge on any atom is -0.481 e. The fourth-order valence-electron chi connectivity index (χ4n) is 1.56. The Balaban J connectivity index is 3.00. The van der Waals surface area contributed by atoms with Crippen LogP contribution in [0.2, 0.25) is 0 Å². The van der Waals surface area contributed by atoms with Crippen LogP contribution >= 0.6 is 0 Å². The Kier molecular flexibility index (Phi) is 2.37. The van der Waals surface area contributed by atoms with Crippen LogP contribution in [0, 0.1) is 5.41 Å². The molecule has 1 aliphatic rings. The summed E-state index contributed by atoms with van der Waals surface area (Å²) in [5, 5.41) is 27.2. The molecule has 5 nitrogen and oxygen atoms in total. The van der Waals surface area contributed by atoms with Crippen LogP contribution in [-0.4, -0.2) is 32.9 Å². The van der Waals surface area contributed by atoms with Crippen LogP contribution in [-0.2, 0) is 9.59 Å². The lowest BCUT2D eigenvalue weighted by Crippen LogP contribution is -2.46. The zero-order valence-corrected chi connectivity index (χ0v) is 7.73. The molecule has 0 spiro atoms. The molecule has 0 heterocycles. The SMILES string of the molecule is CC1(C(=O)O)C=CCC(O)(C(=O)O)C1. The maximum atomic E-state index is 10.8. The van der Waals surface area contributed by atoms with E-state index >= 15 is 0 Å². The highest BCUT2D eigenvalue weighted by Crippen LogP contribution is 2.37. The van der Waals surface area contributed by atoms with Gasteiger partial charge in [-0.25, -0.2) is 4.79 Å². The van der Waals surface area contributed by atoms with E-state index < -0.39 is 23.0 Å². The number of rotatable bonds is 2. The maximum Gasteiger partial charge on any atom is 0.336 e. The topological polar surface area (TPSA) is 94.8 Å². The first-order valence-corrected chi connectivity index (χ1v) is 4.17. The van der Waals surface area contributed by atoms with E-state index in [0.717, 1.165) is 0 Å². The average molecular weight is 200 g/mol. The Hall–Kier alpha value is -1.36. The van der Waals surface area contributed by atoms with Crippen LogP contribution in [0.15, 0.2) is 12.2 Å². The molecule has 5 heteroatoms. The van der Waals surface area contributed by atoms with E-state index in [-0.39, 0.29) is 12.8 Å². The van der Waals surface area contributed by atoms with Crippen LogP contribution in [0.4, 0.5) is 0 Å². The summed E-state index contributed by atoms with van der Waals surface area (Å²) in [6, 6.07) is 0. The first-order valence-electron chi connectivity index (χ1n) is 4.17. The molecule has 2 unspecified atom stereocenters. The predicted molar refractivity (Wildman–Crippen MR) is 46.7 cm³/mol. The van der Waals surface area contributed by atoms with Crippen molar-refractivity contribution in [2.45, 2.75) is 25.4 Å². The molecule has 0 fully saturated rings. The molecule has 3 N–H and O–H groups in total. The van der Waals surface area contributed by atoms with Gasteiger partial charge in [0.15, 0.2) is 5.60 Å². The lowest BCUT2D eigenvalue weighted by atomic mass is 9.73. The van der Waals surface area contributed by atoms with Gasteiger partial charge in [-0.3, -0.25) is 4.79 Å². The molecular weight excluding hydrogens is 188 g/mol. The van der Waals surface area contributed by atoms with Gasteiger partial charge in [-0.2, -0.15) is 0 Å². The summed E-state index contributed by atoms with van der Waals surface area (Å²) in [5.74, 6) is -2.51. The van der Waals surface area contributed by atoms with Gasteiger partial charge in [-0.05, 0) is 6.92 Å². The summed E-state index contributed by atoms with van der Waals surface area (Å²) in [5.41, 5.74) is -3.26. The Morgan fingerprint density at radius 3 is 2.29 bits per heavy atom. The van der Waals surface area contributed by atoms with Gasteiger partial charge in [-0.15, -0.1) is 0 Å². The predicted octanol–water partition coefficient (Wildman–Crippen LogP) is 0.243. The second-order valence-electron chi connectivity index (χ2n) is 3.84. The van der Waals surface area contributed by atoms with Gasteiger partial charge in [0.2, 0.25) is 0 Å². The van der Waals surface area contributed by atoms with Crippen LogP contribution < -0.4 is 0 Å². The Morgan fingerprint density at radius 2 is 1.86 bits per heavy atom. The van der Waals surface area contributed by atoms with Gasteiger partial charge < -0.3 is 15.3 Å². The van der Waals surface area contributed by atoms with Crippen molar-refractivity contribution < 1.29 is 24.9 Å². The molecule has 0 aromatic rings. The number of hydrogen-bond acceptors (Lipinski definition) is 3. The van der Waals surface area contributed by atoms with E-state index in [1.165, 1.54) is 19.1 Å². The van der Waals surface area contributed by atoms with E-state index in [0.29, 0.717) is 0 Å². The van der Waals surface area contributed by atoms with Gasteiger partial charge in [0.25, 0.3) is 0 Å². The Labute approximate surface area is 80.7 Å². The summed E-state index contributed by atoms with van der Waals surface area (Å²) in [7, 11) is 0. The summed E-state index contributed by atoms with van der Waals surface area (Å²) in [6.45, 7) is 1.39. The minimum absolute atomic E-state index is 0.0504. The zero-order chi connectivity index (χ0) is 11.0. The van der Waals surface area contributed by atoms with E-state index in [1.807, 2.05) is 0 Å². The van der Waals surface area contributed by atoms with Gasteiger partial charge in [-0.1, -0.05) is 12.2 Å². The van der Waals surface area contributed by atoms with Gasteiger partial charge >= 0.3 is 11.9 Å². The Bertz CT molecular complexity index is 308. The number of carboxylic acid groups (broad SMARTS) is 2. The third-order valence-electron chi connectivity index (χ3n) is 2.49. The standard InChI is InChI=1S/C9H12O5/c1-8(6(10)11)3-2-4-9(14,5-8)7(12)13/h2-3,14H,4-5H2,1H3,(H,10,11)(H,12,13). The highest BCUT2D eigenvalue weighted by atomic mass is 16.4. The molecule has 14 heavy (non-hydrogen) atoms. The van der Waals surface area contributed by atoms with E-state index in [1.54, 1.807) is 0 Å². The van der Waals surface area contributed by atoms with E-state index in [2.05, 4.69) is 0 Å². The third kappa shape index (κ3) is 1.63. The van der Waals surface area contributed by atoms with E-state index in [9.17, 15) is 14.7 Å². The van der Waals surface area contributed by atoms with Crippen LogP contribution in [0.25, 0.3) is 0 Å². The molecule has 0 aromatic carbocycles. The van der Waals surface area contributed by atoms with Crippen LogP contribution in [0.3, 0.4) is 0 Å². The van der Waals surface area contributed by atoms with Crippen molar-refractivity contribution in [1.82, 2.24) is 0 Å². The average Bonchev–Trinajstić information content (AvgIpc) is 2.03. The molecule has 1 rings (SSSR count). The van der Waals surface area contributed by atoms with Gasteiger partial charge in [0.1, 0.15) is 0 Å². The van der Waals surface area contributed by atoms with E-state index in [4.69, 9.17) is 10.2 Å². The molecule has 0 saturated carbocycles. The molecule has 1 aliphatic carbocycles. The van der Waals surface area contributed by atoms with Crippen molar-refractivity contribution in [3.8, 4) is 0 Å². The van der Waals surface area contributed by atoms with Crippen molar-refractivity contribution in [2.75, 3.05) is 0 Å². The smallest absolute Gasteiger partial charge is 0.336 e. The quantitative estimate of drug-likeness (QED) is 0.555. The molecule has 0 aromatic heterocycles. The highest BCUT2D eigenvalue weighted by molar-refractivity contribution is 5.82. The molecule has 0 aliphatic heterocycles. The summed E-state index contributed by atoms with van der Waals surface area (Å²) in [4.78, 5) is 21.5. The largest absolute Gasteiger partial charge is 0.481 e. The number of aliphatic hydroxyl groups is 1. The number of aliphatic carboxylic acids is 2. The van der Waals surface area contributed by atoms with Gasteiger partial charge in [0, 0.05) is 12.8 Å². The monoisotopic (exact) mass is 200 g/mol. The number of carbonyl (C=O) groups is 2. The van der Waals surface area contributed by atoms with Crippen molar-refractivity contribution in [2.24, 2.45) is 5.41 Å². The van der Waals surface area contributed by atoms with Crippen molar-refractivity contribution in [3.63, 3.8) is 0 Å². The summed E-state index contributed by atoms with van der Waals surface area (Å²) in [6.07, 6.45) is 2.46. The van der Waals surface area contributed by atoms with Crippen molar-refractivity contribution >= 4 is 11.9 Å². The lowest BCUT2D eigenvalue weighted by molar-refractivity contribution is -0.165. The minimum atomic E-state index is -1.96. The van der Waals surface area contributed by atoms with Crippen molar-refractivity contribution in [3.05, 3.63) is 12.2 Å². The molecule has 2 atom stereocenters. The molecular formula is C9H12O5. The fraction of sp³-hybridized carbons (Fsp3) is 0.556. The highest BCUT2D eigenvalue weighted by Gasteiger charge is 2.47. The fourth-order valence-corrected chi connectivity index (χ4v) is 1.56. The van der Waals surface area contributed by atoms with Gasteiger partial charge in [0.05, 0.1) is 5.41 Å². The van der Waals surface area contributed by atoms with Crippen molar-refractivity contribution in [1.29, 1.82) is 0 Å². The first kappa shape index (κ1) is 10.7. The molecule has 0 amide bonds. The molecule has 0 radical (unpaired) electrons. The van der Waals surface area contributed by atoms with Crippen LogP contribution in [0.5, 0.6) is 0 Å². The molecule has 0 saturated heterocycles. The zero-order valence-electron chi connectivity index (χ0n) is 7.73. The molecule has 78 valence electrons. The van der Waals surface area contributed by atoms with Crippen LogP contribution in [0.1, 0.15) is 19.8 Å². The molecule has 0 bridgehead atoms. The lowest BCUT2D eigenvalue weighted by Gasteiger charge is -2.34. The second-order valence-corrected chi connectivity index (χ2v) is 3.84. The summed E-state index contributed by atoms with van der Waals surface area (Å²) < 4.78 is 0.